The van der Waals surface area contributed by atoms with E-state index in [4.69, 9.17) is 9.15 Å². The van der Waals surface area contributed by atoms with Gasteiger partial charge in [-0.25, -0.2) is 0 Å². The Balaban J connectivity index is 1.29. The molecule has 2 aromatic carbocycles. The monoisotopic (exact) mass is 430 g/mol. The Morgan fingerprint density at radius 3 is 2.47 bits per heavy atom. The number of amides is 1. The number of furan rings is 1. The predicted octanol–water partition coefficient (Wildman–Crippen LogP) is 5.52. The lowest BCUT2D eigenvalue weighted by Gasteiger charge is -2.31. The summed E-state index contributed by atoms with van der Waals surface area (Å²) >= 11 is 0. The van der Waals surface area contributed by atoms with Crippen molar-refractivity contribution in [3.8, 4) is 11.3 Å². The van der Waals surface area contributed by atoms with Crippen LogP contribution in [0.15, 0.2) is 71.2 Å². The Morgan fingerprint density at radius 2 is 1.75 bits per heavy atom. The predicted molar refractivity (Wildman–Crippen MR) is 128 cm³/mol. The minimum absolute atomic E-state index is 0.189. The van der Waals surface area contributed by atoms with Crippen LogP contribution in [0.25, 0.3) is 17.4 Å². The summed E-state index contributed by atoms with van der Waals surface area (Å²) in [6, 6.07) is 20.5. The summed E-state index contributed by atoms with van der Waals surface area (Å²) in [6.45, 7) is 4.64. The van der Waals surface area contributed by atoms with E-state index in [1.54, 1.807) is 6.08 Å². The van der Waals surface area contributed by atoms with Gasteiger partial charge in [-0.1, -0.05) is 42.0 Å². The Labute approximate surface area is 189 Å². The first-order valence-electron chi connectivity index (χ1n) is 11.1. The molecule has 1 aromatic heterocycles. The number of carbonyl (C=O) groups is 1. The molecule has 1 amide bonds. The number of nitrogens with one attached hydrogen (secondary N) is 1. The van der Waals surface area contributed by atoms with E-state index < -0.39 is 0 Å². The van der Waals surface area contributed by atoms with Crippen LogP contribution in [0.3, 0.4) is 0 Å². The van der Waals surface area contributed by atoms with Crippen molar-refractivity contribution in [1.29, 1.82) is 0 Å². The fraction of sp³-hybridized carbons (Fsp3) is 0.296. The van der Waals surface area contributed by atoms with Gasteiger partial charge in [0.2, 0.25) is 5.91 Å². The molecule has 1 aliphatic rings. The summed E-state index contributed by atoms with van der Waals surface area (Å²) < 4.78 is 11.3. The molecule has 0 radical (unpaired) electrons. The SMILES string of the molecule is Cc1ccc(-c2ccc(/C=C/C(=O)Nc3ccc(CN(C)C4CCOCC4)cc3)o2)cc1. The van der Waals surface area contributed by atoms with Crippen LogP contribution in [0.5, 0.6) is 0 Å². The number of hydrogen-bond acceptors (Lipinski definition) is 4. The van der Waals surface area contributed by atoms with E-state index in [1.807, 2.05) is 36.4 Å². The molecule has 0 saturated carbocycles. The van der Waals surface area contributed by atoms with Gasteiger partial charge in [-0.3, -0.25) is 9.69 Å². The van der Waals surface area contributed by atoms with Gasteiger partial charge in [-0.15, -0.1) is 0 Å². The lowest BCUT2D eigenvalue weighted by molar-refractivity contribution is -0.111. The topological polar surface area (TPSA) is 54.7 Å². The maximum absolute atomic E-state index is 12.3. The van der Waals surface area contributed by atoms with E-state index in [0.717, 1.165) is 49.6 Å². The van der Waals surface area contributed by atoms with Gasteiger partial charge in [-0.05, 0) is 62.7 Å². The van der Waals surface area contributed by atoms with E-state index in [2.05, 4.69) is 48.5 Å². The smallest absolute Gasteiger partial charge is 0.248 e. The normalized spacial score (nSPS) is 14.8. The van der Waals surface area contributed by atoms with Crippen molar-refractivity contribution < 1.29 is 13.9 Å². The molecule has 3 aromatic rings. The van der Waals surface area contributed by atoms with E-state index in [-0.39, 0.29) is 5.91 Å². The van der Waals surface area contributed by atoms with Crippen LogP contribution in [0, 0.1) is 6.92 Å². The van der Waals surface area contributed by atoms with Crippen molar-refractivity contribution in [3.05, 3.63) is 83.6 Å². The van der Waals surface area contributed by atoms with Crippen LogP contribution in [-0.4, -0.2) is 37.1 Å². The standard InChI is InChI=1S/C27H30N2O3/c1-20-3-7-22(8-4-20)26-13-11-25(32-26)12-14-27(30)28-23-9-5-21(6-10-23)19-29(2)24-15-17-31-18-16-24/h3-14,24H,15-19H2,1-2H3,(H,28,30)/b14-12+. The highest BCUT2D eigenvalue weighted by atomic mass is 16.5. The first kappa shape index (κ1) is 22.1. The van der Waals surface area contributed by atoms with Crippen molar-refractivity contribution in [3.63, 3.8) is 0 Å². The zero-order valence-corrected chi connectivity index (χ0v) is 18.7. The fourth-order valence-corrected chi connectivity index (χ4v) is 3.89. The molecule has 1 N–H and O–H groups in total. The highest BCUT2D eigenvalue weighted by molar-refractivity contribution is 6.01. The molecule has 0 atom stereocenters. The van der Waals surface area contributed by atoms with Crippen LogP contribution >= 0.6 is 0 Å². The molecule has 5 heteroatoms. The molecular weight excluding hydrogens is 400 g/mol. The van der Waals surface area contributed by atoms with Gasteiger partial charge in [0.25, 0.3) is 0 Å². The van der Waals surface area contributed by atoms with Crippen LogP contribution in [0.4, 0.5) is 5.69 Å². The molecule has 0 aliphatic carbocycles. The Bertz CT molecular complexity index is 1050. The minimum atomic E-state index is -0.189. The lowest BCUT2D eigenvalue weighted by atomic mass is 10.1. The van der Waals surface area contributed by atoms with Gasteiger partial charge in [0, 0.05) is 43.1 Å². The van der Waals surface area contributed by atoms with Gasteiger partial charge in [0.1, 0.15) is 11.5 Å². The molecule has 0 unspecified atom stereocenters. The third-order valence-corrected chi connectivity index (χ3v) is 5.83. The second-order valence-corrected chi connectivity index (χ2v) is 8.35. The summed E-state index contributed by atoms with van der Waals surface area (Å²) in [7, 11) is 2.16. The average molecular weight is 431 g/mol. The molecule has 0 bridgehead atoms. The van der Waals surface area contributed by atoms with Crippen molar-refractivity contribution in [2.45, 2.75) is 32.4 Å². The second kappa shape index (κ2) is 10.4. The number of nitrogens with zero attached hydrogens (tertiary/aromatic N) is 1. The molecular formula is C27H30N2O3. The molecule has 0 spiro atoms. The van der Waals surface area contributed by atoms with Crippen molar-refractivity contribution in [1.82, 2.24) is 4.90 Å². The molecule has 32 heavy (non-hydrogen) atoms. The zero-order chi connectivity index (χ0) is 22.3. The van der Waals surface area contributed by atoms with Crippen LogP contribution in [-0.2, 0) is 16.1 Å². The summed E-state index contributed by atoms with van der Waals surface area (Å²) in [5.74, 6) is 1.24. The van der Waals surface area contributed by atoms with Gasteiger partial charge in [0.15, 0.2) is 0 Å². The quantitative estimate of drug-likeness (QED) is 0.502. The van der Waals surface area contributed by atoms with E-state index in [1.165, 1.54) is 17.2 Å². The Kier molecular flexibility index (Phi) is 7.20. The van der Waals surface area contributed by atoms with Crippen molar-refractivity contribution in [2.75, 3.05) is 25.6 Å². The Hall–Kier alpha value is -3.15. The fourth-order valence-electron chi connectivity index (χ4n) is 3.89. The average Bonchev–Trinajstić information content (AvgIpc) is 3.29. The first-order chi connectivity index (χ1) is 15.6. The molecule has 166 valence electrons. The first-order valence-corrected chi connectivity index (χ1v) is 11.1. The van der Waals surface area contributed by atoms with E-state index >= 15 is 0 Å². The summed E-state index contributed by atoms with van der Waals surface area (Å²) in [5, 5.41) is 2.90. The molecule has 2 heterocycles. The summed E-state index contributed by atoms with van der Waals surface area (Å²) in [5.41, 5.74) is 4.22. The molecule has 5 nitrogen and oxygen atoms in total. The molecule has 1 aliphatic heterocycles. The Morgan fingerprint density at radius 1 is 1.03 bits per heavy atom. The molecule has 4 rings (SSSR count). The second-order valence-electron chi connectivity index (χ2n) is 8.35. The molecule has 1 fully saturated rings. The summed E-state index contributed by atoms with van der Waals surface area (Å²) in [6.07, 6.45) is 5.34. The number of carbonyl (C=O) groups excluding carboxylic acids is 1. The van der Waals surface area contributed by atoms with Crippen LogP contribution in [0.1, 0.15) is 29.7 Å². The summed E-state index contributed by atoms with van der Waals surface area (Å²) in [4.78, 5) is 14.7. The van der Waals surface area contributed by atoms with Crippen molar-refractivity contribution >= 4 is 17.7 Å². The van der Waals surface area contributed by atoms with E-state index in [0.29, 0.717) is 11.8 Å². The van der Waals surface area contributed by atoms with E-state index in [9.17, 15) is 4.79 Å². The van der Waals surface area contributed by atoms with Crippen molar-refractivity contribution in [2.24, 2.45) is 0 Å². The number of aryl methyl sites for hydroxylation is 1. The van der Waals surface area contributed by atoms with Gasteiger partial charge in [-0.2, -0.15) is 0 Å². The van der Waals surface area contributed by atoms with Crippen LogP contribution < -0.4 is 5.32 Å². The third-order valence-electron chi connectivity index (χ3n) is 5.83. The van der Waals surface area contributed by atoms with Gasteiger partial charge in [0.05, 0.1) is 0 Å². The highest BCUT2D eigenvalue weighted by Gasteiger charge is 2.18. The number of anilines is 1. The van der Waals surface area contributed by atoms with Crippen LogP contribution in [0.2, 0.25) is 0 Å². The number of hydrogen-bond donors (Lipinski definition) is 1. The van der Waals surface area contributed by atoms with Gasteiger partial charge >= 0.3 is 0 Å². The zero-order valence-electron chi connectivity index (χ0n) is 18.7. The van der Waals surface area contributed by atoms with Gasteiger partial charge < -0.3 is 14.5 Å². The number of ether oxygens (including phenoxy) is 1. The lowest BCUT2D eigenvalue weighted by Crippen LogP contribution is -2.36. The number of rotatable bonds is 7. The third kappa shape index (κ3) is 5.96. The maximum atomic E-state index is 12.3. The number of benzene rings is 2. The minimum Gasteiger partial charge on any atom is -0.457 e. The largest absolute Gasteiger partial charge is 0.457 e. The highest BCUT2D eigenvalue weighted by Crippen LogP contribution is 2.23. The molecule has 1 saturated heterocycles. The maximum Gasteiger partial charge on any atom is 0.248 e.